The molecule has 0 radical (unpaired) electrons. The summed E-state index contributed by atoms with van der Waals surface area (Å²) < 4.78 is 1.68. The molecule has 3 aromatic rings. The van der Waals surface area contributed by atoms with Gasteiger partial charge in [0.15, 0.2) is 0 Å². The van der Waals surface area contributed by atoms with Crippen molar-refractivity contribution in [2.24, 2.45) is 5.73 Å². The third kappa shape index (κ3) is 2.75. The van der Waals surface area contributed by atoms with E-state index in [1.165, 1.54) is 0 Å². The zero-order valence-corrected chi connectivity index (χ0v) is 14.1. The molecule has 0 saturated carbocycles. The Morgan fingerprint density at radius 1 is 1.30 bits per heavy atom. The summed E-state index contributed by atoms with van der Waals surface area (Å²) in [6.45, 7) is 5.64. The fraction of sp³-hybridized carbons (Fsp3) is 0.294. The molecule has 0 bridgehead atoms. The summed E-state index contributed by atoms with van der Waals surface area (Å²) in [4.78, 5) is 19.6. The average Bonchev–Trinajstić information content (AvgIpc) is 2.90. The third-order valence-electron chi connectivity index (χ3n) is 3.79. The van der Waals surface area contributed by atoms with Gasteiger partial charge in [0, 0.05) is 30.1 Å². The van der Waals surface area contributed by atoms with E-state index < -0.39 is 0 Å². The van der Waals surface area contributed by atoms with Crippen LogP contribution < -0.4 is 16.6 Å². The summed E-state index contributed by atoms with van der Waals surface area (Å²) in [5.74, 6) is 0.594. The zero-order chi connectivity index (χ0) is 16.4. The molecule has 6 heteroatoms. The number of thiophene rings is 1. The number of nitrogens with zero attached hydrogens (tertiary/aromatic N) is 2. The van der Waals surface area contributed by atoms with Gasteiger partial charge in [0.05, 0.1) is 5.39 Å². The van der Waals surface area contributed by atoms with Crippen LogP contribution in [0.3, 0.4) is 0 Å². The standard InChI is InChI=1S/C17H20N4OS/c1-3-21-16(22)14-13(12-7-5-4-6-8-12)11(2)23-15(14)20-17(21)19-10-9-18/h4-8H,3,9-10,18H2,1-2H3,(H,19,20). The van der Waals surface area contributed by atoms with E-state index in [1.807, 2.05) is 44.2 Å². The van der Waals surface area contributed by atoms with Gasteiger partial charge >= 0.3 is 0 Å². The number of fused-ring (bicyclic) bond motifs is 1. The highest BCUT2D eigenvalue weighted by atomic mass is 32.1. The van der Waals surface area contributed by atoms with Gasteiger partial charge in [-0.1, -0.05) is 30.3 Å². The predicted molar refractivity (Wildman–Crippen MR) is 97.3 cm³/mol. The predicted octanol–water partition coefficient (Wildman–Crippen LogP) is 2.82. The van der Waals surface area contributed by atoms with Crippen LogP contribution in [0, 0.1) is 6.92 Å². The molecule has 3 N–H and O–H groups in total. The summed E-state index contributed by atoms with van der Waals surface area (Å²) >= 11 is 1.56. The van der Waals surface area contributed by atoms with Crippen molar-refractivity contribution in [1.82, 2.24) is 9.55 Å². The first-order valence-electron chi connectivity index (χ1n) is 7.70. The first kappa shape index (κ1) is 15.7. The van der Waals surface area contributed by atoms with Crippen molar-refractivity contribution in [1.29, 1.82) is 0 Å². The number of anilines is 1. The number of aryl methyl sites for hydroxylation is 1. The highest BCUT2D eigenvalue weighted by molar-refractivity contribution is 7.19. The Labute approximate surface area is 138 Å². The lowest BCUT2D eigenvalue weighted by molar-refractivity contribution is 0.722. The van der Waals surface area contributed by atoms with Crippen LogP contribution in [0.1, 0.15) is 11.8 Å². The lowest BCUT2D eigenvalue weighted by Crippen LogP contribution is -2.26. The molecular weight excluding hydrogens is 308 g/mol. The van der Waals surface area contributed by atoms with Gasteiger partial charge in [0.1, 0.15) is 4.83 Å². The molecule has 0 spiro atoms. The van der Waals surface area contributed by atoms with Crippen LogP contribution in [0.2, 0.25) is 0 Å². The van der Waals surface area contributed by atoms with E-state index in [0.717, 1.165) is 20.8 Å². The van der Waals surface area contributed by atoms with Gasteiger partial charge in [-0.25, -0.2) is 4.98 Å². The van der Waals surface area contributed by atoms with E-state index in [9.17, 15) is 4.79 Å². The van der Waals surface area contributed by atoms with Crippen LogP contribution in [-0.4, -0.2) is 22.6 Å². The number of rotatable bonds is 5. The number of nitrogens with one attached hydrogen (secondary N) is 1. The maximum atomic E-state index is 13.0. The number of aromatic nitrogens is 2. The molecule has 3 rings (SSSR count). The number of benzene rings is 1. The molecule has 23 heavy (non-hydrogen) atoms. The third-order valence-corrected chi connectivity index (χ3v) is 4.79. The molecule has 0 aliphatic rings. The summed E-state index contributed by atoms with van der Waals surface area (Å²) in [5, 5.41) is 3.86. The molecule has 0 saturated heterocycles. The Hall–Kier alpha value is -2.18. The minimum absolute atomic E-state index is 0.000208. The van der Waals surface area contributed by atoms with Gasteiger partial charge in [-0.2, -0.15) is 0 Å². The monoisotopic (exact) mass is 328 g/mol. The van der Waals surface area contributed by atoms with Crippen molar-refractivity contribution in [2.75, 3.05) is 18.4 Å². The Morgan fingerprint density at radius 3 is 2.70 bits per heavy atom. The van der Waals surface area contributed by atoms with Gasteiger partial charge in [0.25, 0.3) is 5.56 Å². The second-order valence-corrected chi connectivity index (χ2v) is 6.48. The first-order chi connectivity index (χ1) is 11.2. The van der Waals surface area contributed by atoms with Gasteiger partial charge < -0.3 is 11.1 Å². The maximum absolute atomic E-state index is 13.0. The van der Waals surface area contributed by atoms with E-state index >= 15 is 0 Å². The largest absolute Gasteiger partial charge is 0.354 e. The van der Waals surface area contributed by atoms with Crippen molar-refractivity contribution in [2.45, 2.75) is 20.4 Å². The fourth-order valence-electron chi connectivity index (χ4n) is 2.76. The number of nitrogens with two attached hydrogens (primary N) is 1. The van der Waals surface area contributed by atoms with E-state index in [4.69, 9.17) is 5.73 Å². The Balaban J connectivity index is 2.29. The van der Waals surface area contributed by atoms with Crippen LogP contribution in [0.4, 0.5) is 5.95 Å². The lowest BCUT2D eigenvalue weighted by atomic mass is 10.0. The van der Waals surface area contributed by atoms with Gasteiger partial charge in [-0.3, -0.25) is 9.36 Å². The van der Waals surface area contributed by atoms with Crippen LogP contribution in [0.5, 0.6) is 0 Å². The van der Waals surface area contributed by atoms with Crippen molar-refractivity contribution in [3.8, 4) is 11.1 Å². The highest BCUT2D eigenvalue weighted by Gasteiger charge is 2.18. The molecule has 5 nitrogen and oxygen atoms in total. The van der Waals surface area contributed by atoms with Crippen LogP contribution in [0.25, 0.3) is 21.3 Å². The molecule has 0 atom stereocenters. The van der Waals surface area contributed by atoms with E-state index in [1.54, 1.807) is 15.9 Å². The second kappa shape index (κ2) is 6.52. The molecule has 2 aromatic heterocycles. The SMILES string of the molecule is CCn1c(NCCN)nc2sc(C)c(-c3ccccc3)c2c1=O. The summed E-state index contributed by atoms with van der Waals surface area (Å²) in [7, 11) is 0. The molecular formula is C17H20N4OS. The summed E-state index contributed by atoms with van der Waals surface area (Å²) in [6.07, 6.45) is 0. The van der Waals surface area contributed by atoms with Gasteiger partial charge in [-0.15, -0.1) is 11.3 Å². The quantitative estimate of drug-likeness (QED) is 0.755. The Kier molecular flexibility index (Phi) is 4.45. The summed E-state index contributed by atoms with van der Waals surface area (Å²) in [5.41, 5.74) is 7.60. The molecule has 2 heterocycles. The smallest absolute Gasteiger partial charge is 0.264 e. The normalized spacial score (nSPS) is 11.1. The molecule has 0 aliphatic carbocycles. The fourth-order valence-corrected chi connectivity index (χ4v) is 3.80. The van der Waals surface area contributed by atoms with Crippen molar-refractivity contribution in [3.63, 3.8) is 0 Å². The van der Waals surface area contributed by atoms with Crippen molar-refractivity contribution < 1.29 is 0 Å². The van der Waals surface area contributed by atoms with E-state index in [0.29, 0.717) is 31.0 Å². The van der Waals surface area contributed by atoms with Gasteiger partial charge in [0.2, 0.25) is 5.95 Å². The molecule has 0 aliphatic heterocycles. The van der Waals surface area contributed by atoms with Crippen LogP contribution in [0.15, 0.2) is 35.1 Å². The number of hydrogen-bond donors (Lipinski definition) is 2. The van der Waals surface area contributed by atoms with E-state index in [-0.39, 0.29) is 5.56 Å². The minimum Gasteiger partial charge on any atom is -0.354 e. The molecule has 0 fully saturated rings. The average molecular weight is 328 g/mol. The van der Waals surface area contributed by atoms with Crippen molar-refractivity contribution >= 4 is 27.5 Å². The van der Waals surface area contributed by atoms with Crippen LogP contribution >= 0.6 is 11.3 Å². The molecule has 120 valence electrons. The second-order valence-electron chi connectivity index (χ2n) is 5.28. The topological polar surface area (TPSA) is 72.9 Å². The van der Waals surface area contributed by atoms with Crippen molar-refractivity contribution in [3.05, 3.63) is 45.6 Å². The van der Waals surface area contributed by atoms with Gasteiger partial charge in [-0.05, 0) is 19.4 Å². The van der Waals surface area contributed by atoms with Crippen LogP contribution in [-0.2, 0) is 6.54 Å². The summed E-state index contributed by atoms with van der Waals surface area (Å²) in [6, 6.07) is 10.0. The minimum atomic E-state index is 0.000208. The van der Waals surface area contributed by atoms with E-state index in [2.05, 4.69) is 10.3 Å². The molecule has 0 unspecified atom stereocenters. The molecule has 0 amide bonds. The molecule has 1 aromatic carbocycles. The number of hydrogen-bond acceptors (Lipinski definition) is 5. The first-order valence-corrected chi connectivity index (χ1v) is 8.52. The zero-order valence-electron chi connectivity index (χ0n) is 13.3. The highest BCUT2D eigenvalue weighted by Crippen LogP contribution is 2.35. The Morgan fingerprint density at radius 2 is 2.04 bits per heavy atom. The maximum Gasteiger partial charge on any atom is 0.264 e. The Bertz CT molecular complexity index is 883. The lowest BCUT2D eigenvalue weighted by Gasteiger charge is -2.12.